The lowest BCUT2D eigenvalue weighted by atomic mass is 10.1. The van der Waals surface area contributed by atoms with Crippen molar-refractivity contribution in [2.24, 2.45) is 0 Å². The van der Waals surface area contributed by atoms with Crippen molar-refractivity contribution in [1.82, 2.24) is 0 Å². The van der Waals surface area contributed by atoms with Crippen LogP contribution in [0.1, 0.15) is 51.0 Å². The minimum absolute atomic E-state index is 0.110. The van der Waals surface area contributed by atoms with Crippen LogP contribution in [0.3, 0.4) is 0 Å². The highest BCUT2D eigenvalue weighted by atomic mass is 32.2. The molecular weight excluding hydrogens is 272 g/mol. The van der Waals surface area contributed by atoms with Crippen LogP contribution in [0.4, 0.5) is 0 Å². The molecule has 0 fully saturated rings. The first-order valence-electron chi connectivity index (χ1n) is 7.41. The summed E-state index contributed by atoms with van der Waals surface area (Å²) in [6.07, 6.45) is 6.60. The molecule has 0 unspecified atom stereocenters. The number of methoxy groups -OCH3 is 1. The summed E-state index contributed by atoms with van der Waals surface area (Å²) in [4.78, 5) is 0. The van der Waals surface area contributed by atoms with E-state index in [0.717, 1.165) is 24.8 Å². The highest BCUT2D eigenvalue weighted by Crippen LogP contribution is 2.16. The Labute approximate surface area is 123 Å². The fourth-order valence-electron chi connectivity index (χ4n) is 2.19. The van der Waals surface area contributed by atoms with Gasteiger partial charge in [-0.05, 0) is 24.1 Å². The fraction of sp³-hybridized carbons (Fsp3) is 0.625. The second-order valence-electron chi connectivity index (χ2n) is 5.21. The average molecular weight is 298 g/mol. The molecule has 0 aliphatic heterocycles. The Bertz CT molecular complexity index is 480. The van der Waals surface area contributed by atoms with E-state index in [-0.39, 0.29) is 11.5 Å². The first-order valence-corrected chi connectivity index (χ1v) is 9.23. The summed E-state index contributed by atoms with van der Waals surface area (Å²) in [5.41, 5.74) is 0.801. The van der Waals surface area contributed by atoms with Gasteiger partial charge in [-0.15, -0.1) is 0 Å². The van der Waals surface area contributed by atoms with Gasteiger partial charge in [0.15, 0.2) is 9.84 Å². The lowest BCUT2D eigenvalue weighted by Crippen LogP contribution is -2.09. The van der Waals surface area contributed by atoms with Crippen molar-refractivity contribution in [3.05, 3.63) is 29.8 Å². The summed E-state index contributed by atoms with van der Waals surface area (Å²) >= 11 is 0. The molecule has 3 nitrogen and oxygen atoms in total. The quantitative estimate of drug-likeness (QED) is 0.614. The van der Waals surface area contributed by atoms with Crippen LogP contribution < -0.4 is 4.74 Å². The molecule has 0 saturated carbocycles. The Morgan fingerprint density at radius 3 is 2.45 bits per heavy atom. The Balaban J connectivity index is 2.37. The van der Waals surface area contributed by atoms with E-state index in [9.17, 15) is 8.42 Å². The van der Waals surface area contributed by atoms with Crippen LogP contribution in [-0.2, 0) is 15.6 Å². The number of unbranched alkanes of at least 4 members (excludes halogenated alkanes) is 5. The number of hydrogen-bond acceptors (Lipinski definition) is 3. The molecule has 0 radical (unpaired) electrons. The van der Waals surface area contributed by atoms with E-state index in [1.54, 1.807) is 13.2 Å². The van der Waals surface area contributed by atoms with E-state index in [1.807, 2.05) is 18.2 Å². The summed E-state index contributed by atoms with van der Waals surface area (Å²) in [7, 11) is -1.42. The van der Waals surface area contributed by atoms with Crippen molar-refractivity contribution in [2.75, 3.05) is 12.9 Å². The second kappa shape index (κ2) is 9.01. The van der Waals surface area contributed by atoms with Gasteiger partial charge < -0.3 is 4.74 Å². The van der Waals surface area contributed by atoms with Gasteiger partial charge in [-0.1, -0.05) is 51.2 Å². The van der Waals surface area contributed by atoms with Crippen molar-refractivity contribution in [3.63, 3.8) is 0 Å². The van der Waals surface area contributed by atoms with E-state index in [0.29, 0.717) is 5.75 Å². The monoisotopic (exact) mass is 298 g/mol. The third-order valence-electron chi connectivity index (χ3n) is 3.33. The lowest BCUT2D eigenvalue weighted by molar-refractivity contribution is 0.414. The van der Waals surface area contributed by atoms with Crippen molar-refractivity contribution in [1.29, 1.82) is 0 Å². The number of benzene rings is 1. The van der Waals surface area contributed by atoms with Gasteiger partial charge in [-0.2, -0.15) is 0 Å². The molecule has 1 aromatic carbocycles. The molecule has 0 aliphatic rings. The van der Waals surface area contributed by atoms with E-state index >= 15 is 0 Å². The SMILES string of the molecule is CCCCCCCCS(=O)(=O)Cc1cccc(OC)c1. The van der Waals surface area contributed by atoms with Gasteiger partial charge in [0, 0.05) is 0 Å². The Morgan fingerprint density at radius 2 is 1.75 bits per heavy atom. The van der Waals surface area contributed by atoms with E-state index in [1.165, 1.54) is 19.3 Å². The zero-order chi connectivity index (χ0) is 14.8. The number of ether oxygens (including phenoxy) is 1. The third-order valence-corrected chi connectivity index (χ3v) is 5.01. The molecule has 0 bridgehead atoms. The van der Waals surface area contributed by atoms with Gasteiger partial charge in [-0.3, -0.25) is 0 Å². The molecule has 0 atom stereocenters. The molecule has 114 valence electrons. The van der Waals surface area contributed by atoms with Gasteiger partial charge in [0.05, 0.1) is 18.6 Å². The molecule has 0 amide bonds. The first kappa shape index (κ1) is 17.0. The third kappa shape index (κ3) is 6.94. The maximum absolute atomic E-state index is 12.0. The van der Waals surface area contributed by atoms with Crippen LogP contribution in [0.2, 0.25) is 0 Å². The zero-order valence-corrected chi connectivity index (χ0v) is 13.4. The molecule has 0 saturated heterocycles. The second-order valence-corrected chi connectivity index (χ2v) is 7.40. The van der Waals surface area contributed by atoms with Crippen LogP contribution in [-0.4, -0.2) is 21.3 Å². The number of rotatable bonds is 10. The summed E-state index contributed by atoms with van der Waals surface area (Å²) < 4.78 is 29.2. The Morgan fingerprint density at radius 1 is 1.05 bits per heavy atom. The highest BCUT2D eigenvalue weighted by molar-refractivity contribution is 7.90. The summed E-state index contributed by atoms with van der Waals surface area (Å²) in [6.45, 7) is 2.18. The molecule has 20 heavy (non-hydrogen) atoms. The lowest BCUT2D eigenvalue weighted by Gasteiger charge is -2.06. The maximum Gasteiger partial charge on any atom is 0.154 e. The Hall–Kier alpha value is -1.03. The predicted molar refractivity (Wildman–Crippen MR) is 83.9 cm³/mol. The van der Waals surface area contributed by atoms with Crippen LogP contribution in [0.15, 0.2) is 24.3 Å². The standard InChI is InChI=1S/C16H26O3S/c1-3-4-5-6-7-8-12-20(17,18)14-15-10-9-11-16(13-15)19-2/h9-11,13H,3-8,12,14H2,1-2H3. The van der Waals surface area contributed by atoms with Crippen LogP contribution >= 0.6 is 0 Å². The number of hydrogen-bond donors (Lipinski definition) is 0. The van der Waals surface area contributed by atoms with Crippen LogP contribution in [0.25, 0.3) is 0 Å². The van der Waals surface area contributed by atoms with Gasteiger partial charge in [0.2, 0.25) is 0 Å². The summed E-state index contributed by atoms with van der Waals surface area (Å²) in [5.74, 6) is 1.10. The topological polar surface area (TPSA) is 43.4 Å². The molecule has 0 aliphatic carbocycles. The molecule has 0 spiro atoms. The maximum atomic E-state index is 12.0. The summed E-state index contributed by atoms with van der Waals surface area (Å²) in [5, 5.41) is 0. The van der Waals surface area contributed by atoms with Gasteiger partial charge in [0.1, 0.15) is 5.75 Å². The predicted octanol–water partition coefficient (Wildman–Crippen LogP) is 3.97. The molecular formula is C16H26O3S. The molecule has 0 aromatic heterocycles. The van der Waals surface area contributed by atoms with E-state index < -0.39 is 9.84 Å². The largest absolute Gasteiger partial charge is 0.497 e. The molecule has 1 aromatic rings. The molecule has 0 N–H and O–H groups in total. The molecule has 4 heteroatoms. The van der Waals surface area contributed by atoms with Crippen molar-refractivity contribution >= 4 is 9.84 Å². The van der Waals surface area contributed by atoms with Crippen molar-refractivity contribution in [3.8, 4) is 5.75 Å². The molecule has 1 rings (SSSR count). The van der Waals surface area contributed by atoms with Gasteiger partial charge in [0.25, 0.3) is 0 Å². The fourth-order valence-corrected chi connectivity index (χ4v) is 3.67. The normalized spacial score (nSPS) is 11.5. The van der Waals surface area contributed by atoms with Crippen LogP contribution in [0, 0.1) is 0 Å². The van der Waals surface area contributed by atoms with Gasteiger partial charge in [-0.25, -0.2) is 8.42 Å². The molecule has 0 heterocycles. The van der Waals surface area contributed by atoms with Crippen LogP contribution in [0.5, 0.6) is 5.75 Å². The first-order chi connectivity index (χ1) is 9.57. The average Bonchev–Trinajstić information content (AvgIpc) is 2.42. The van der Waals surface area contributed by atoms with E-state index in [2.05, 4.69) is 6.92 Å². The zero-order valence-electron chi connectivity index (χ0n) is 12.6. The summed E-state index contributed by atoms with van der Waals surface area (Å²) in [6, 6.07) is 7.28. The minimum atomic E-state index is -3.01. The Kier molecular flexibility index (Phi) is 7.67. The highest BCUT2D eigenvalue weighted by Gasteiger charge is 2.12. The van der Waals surface area contributed by atoms with Gasteiger partial charge >= 0.3 is 0 Å². The van der Waals surface area contributed by atoms with Crippen molar-refractivity contribution in [2.45, 2.75) is 51.2 Å². The van der Waals surface area contributed by atoms with Crippen molar-refractivity contribution < 1.29 is 13.2 Å². The van der Waals surface area contributed by atoms with E-state index in [4.69, 9.17) is 4.74 Å². The minimum Gasteiger partial charge on any atom is -0.497 e. The number of sulfone groups is 1. The smallest absolute Gasteiger partial charge is 0.154 e.